The van der Waals surface area contributed by atoms with E-state index in [0.717, 1.165) is 45.0 Å². The van der Waals surface area contributed by atoms with Crippen molar-refractivity contribution in [2.24, 2.45) is 0 Å². The van der Waals surface area contributed by atoms with Crippen LogP contribution in [0.4, 0.5) is 10.1 Å². The van der Waals surface area contributed by atoms with Crippen LogP contribution in [0.5, 0.6) is 0 Å². The highest BCUT2D eigenvalue weighted by molar-refractivity contribution is 5.47. The molecule has 1 fully saturated rings. The minimum Gasteiger partial charge on any atom is -0.378 e. The quantitative estimate of drug-likeness (QED) is 0.919. The van der Waals surface area contributed by atoms with E-state index in [1.807, 2.05) is 12.1 Å². The van der Waals surface area contributed by atoms with Crippen LogP contribution < -0.4 is 10.2 Å². The molecule has 0 saturated carbocycles. The Morgan fingerprint density at radius 2 is 1.41 bits per heavy atom. The van der Waals surface area contributed by atoms with E-state index in [4.69, 9.17) is 4.74 Å². The molecule has 116 valence electrons. The summed E-state index contributed by atoms with van der Waals surface area (Å²) in [5.41, 5.74) is 3.59. The van der Waals surface area contributed by atoms with Gasteiger partial charge in [-0.25, -0.2) is 4.39 Å². The van der Waals surface area contributed by atoms with Gasteiger partial charge in [0.15, 0.2) is 0 Å². The van der Waals surface area contributed by atoms with Crippen molar-refractivity contribution in [1.29, 1.82) is 0 Å². The lowest BCUT2D eigenvalue weighted by atomic mass is 10.1. The molecule has 0 bridgehead atoms. The van der Waals surface area contributed by atoms with Gasteiger partial charge in [-0.15, -0.1) is 0 Å². The lowest BCUT2D eigenvalue weighted by Crippen LogP contribution is -2.36. The van der Waals surface area contributed by atoms with Gasteiger partial charge in [0.1, 0.15) is 5.82 Å². The Labute approximate surface area is 130 Å². The topological polar surface area (TPSA) is 24.5 Å². The summed E-state index contributed by atoms with van der Waals surface area (Å²) >= 11 is 0. The molecule has 0 aromatic heterocycles. The first-order chi connectivity index (χ1) is 10.8. The molecule has 0 radical (unpaired) electrons. The summed E-state index contributed by atoms with van der Waals surface area (Å²) in [7, 11) is 0. The Morgan fingerprint density at radius 3 is 2.00 bits per heavy atom. The maximum atomic E-state index is 12.8. The number of hydrogen-bond acceptors (Lipinski definition) is 3. The van der Waals surface area contributed by atoms with Crippen molar-refractivity contribution in [1.82, 2.24) is 5.32 Å². The molecule has 22 heavy (non-hydrogen) atoms. The Bertz CT molecular complexity index is 577. The third-order valence-electron chi connectivity index (χ3n) is 3.88. The molecular formula is C18H21FN2O. The zero-order valence-corrected chi connectivity index (χ0v) is 12.6. The van der Waals surface area contributed by atoms with Crippen molar-refractivity contribution in [3.05, 3.63) is 65.5 Å². The molecule has 2 aromatic rings. The number of ether oxygens (including phenoxy) is 1. The molecule has 0 atom stereocenters. The van der Waals surface area contributed by atoms with Gasteiger partial charge >= 0.3 is 0 Å². The van der Waals surface area contributed by atoms with E-state index in [1.165, 1.54) is 23.4 Å². The molecule has 0 unspecified atom stereocenters. The number of rotatable bonds is 5. The summed E-state index contributed by atoms with van der Waals surface area (Å²) in [5, 5.41) is 3.38. The molecule has 4 heteroatoms. The van der Waals surface area contributed by atoms with E-state index < -0.39 is 0 Å². The fraction of sp³-hybridized carbons (Fsp3) is 0.333. The fourth-order valence-corrected chi connectivity index (χ4v) is 2.60. The van der Waals surface area contributed by atoms with Crippen LogP contribution in [0.25, 0.3) is 0 Å². The zero-order valence-electron chi connectivity index (χ0n) is 12.6. The monoisotopic (exact) mass is 300 g/mol. The Balaban J connectivity index is 1.49. The van der Waals surface area contributed by atoms with Gasteiger partial charge in [-0.05, 0) is 35.4 Å². The van der Waals surface area contributed by atoms with Crippen LogP contribution >= 0.6 is 0 Å². The normalized spacial score (nSPS) is 15.0. The van der Waals surface area contributed by atoms with Crippen LogP contribution in [0.1, 0.15) is 11.1 Å². The Morgan fingerprint density at radius 1 is 0.864 bits per heavy atom. The SMILES string of the molecule is Fc1ccc(CNCc2ccc(N3CCOCC3)cc2)cc1. The second-order valence-corrected chi connectivity index (χ2v) is 5.50. The molecule has 3 nitrogen and oxygen atoms in total. The number of nitrogens with one attached hydrogen (secondary N) is 1. The smallest absolute Gasteiger partial charge is 0.123 e. The van der Waals surface area contributed by atoms with Gasteiger partial charge in [0, 0.05) is 31.9 Å². The number of benzene rings is 2. The number of hydrogen-bond donors (Lipinski definition) is 1. The van der Waals surface area contributed by atoms with Crippen LogP contribution in [0.3, 0.4) is 0 Å². The minimum atomic E-state index is -0.192. The minimum absolute atomic E-state index is 0.192. The zero-order chi connectivity index (χ0) is 15.2. The maximum Gasteiger partial charge on any atom is 0.123 e. The van der Waals surface area contributed by atoms with Gasteiger partial charge in [0.2, 0.25) is 0 Å². The van der Waals surface area contributed by atoms with Crippen molar-refractivity contribution in [3.8, 4) is 0 Å². The Hall–Kier alpha value is -1.91. The van der Waals surface area contributed by atoms with Gasteiger partial charge in [-0.1, -0.05) is 24.3 Å². The predicted molar refractivity (Wildman–Crippen MR) is 86.4 cm³/mol. The average Bonchev–Trinajstić information content (AvgIpc) is 2.58. The van der Waals surface area contributed by atoms with E-state index in [0.29, 0.717) is 0 Å². The summed E-state index contributed by atoms with van der Waals surface area (Å²) in [6.45, 7) is 5.08. The lowest BCUT2D eigenvalue weighted by molar-refractivity contribution is 0.122. The third-order valence-corrected chi connectivity index (χ3v) is 3.88. The van der Waals surface area contributed by atoms with Crippen LogP contribution in [-0.2, 0) is 17.8 Å². The van der Waals surface area contributed by atoms with Crippen molar-refractivity contribution < 1.29 is 9.13 Å². The molecule has 1 N–H and O–H groups in total. The van der Waals surface area contributed by atoms with E-state index in [-0.39, 0.29) is 5.82 Å². The van der Waals surface area contributed by atoms with Crippen LogP contribution in [-0.4, -0.2) is 26.3 Å². The fourth-order valence-electron chi connectivity index (χ4n) is 2.60. The standard InChI is InChI=1S/C18H21FN2O/c19-17-5-1-15(2-6-17)13-20-14-16-3-7-18(8-4-16)21-9-11-22-12-10-21/h1-8,20H,9-14H2. The molecule has 0 spiro atoms. The van der Waals surface area contributed by atoms with Gasteiger partial charge in [-0.2, -0.15) is 0 Å². The number of nitrogens with zero attached hydrogens (tertiary/aromatic N) is 1. The number of anilines is 1. The summed E-state index contributed by atoms with van der Waals surface area (Å²) in [6, 6.07) is 15.3. The highest BCUT2D eigenvalue weighted by atomic mass is 19.1. The summed E-state index contributed by atoms with van der Waals surface area (Å²) in [6.07, 6.45) is 0. The van der Waals surface area contributed by atoms with Gasteiger partial charge in [-0.3, -0.25) is 0 Å². The van der Waals surface area contributed by atoms with Crippen LogP contribution in [0.15, 0.2) is 48.5 Å². The van der Waals surface area contributed by atoms with E-state index >= 15 is 0 Å². The molecule has 1 aliphatic heterocycles. The largest absolute Gasteiger partial charge is 0.378 e. The van der Waals surface area contributed by atoms with Gasteiger partial charge < -0.3 is 15.0 Å². The van der Waals surface area contributed by atoms with Crippen molar-refractivity contribution in [2.45, 2.75) is 13.1 Å². The molecule has 1 heterocycles. The second kappa shape index (κ2) is 7.38. The van der Waals surface area contributed by atoms with Crippen molar-refractivity contribution in [3.63, 3.8) is 0 Å². The highest BCUT2D eigenvalue weighted by Crippen LogP contribution is 2.16. The first-order valence-corrected chi connectivity index (χ1v) is 7.68. The molecular weight excluding hydrogens is 279 g/mol. The van der Waals surface area contributed by atoms with Crippen molar-refractivity contribution >= 4 is 5.69 Å². The summed E-state index contributed by atoms with van der Waals surface area (Å²) < 4.78 is 18.2. The molecule has 0 amide bonds. The second-order valence-electron chi connectivity index (χ2n) is 5.50. The number of halogens is 1. The van der Waals surface area contributed by atoms with Crippen LogP contribution in [0.2, 0.25) is 0 Å². The van der Waals surface area contributed by atoms with E-state index in [9.17, 15) is 4.39 Å². The number of morpholine rings is 1. The molecule has 3 rings (SSSR count). The van der Waals surface area contributed by atoms with Crippen LogP contribution in [0, 0.1) is 5.82 Å². The molecule has 2 aromatic carbocycles. The first kappa shape index (κ1) is 15.0. The molecule has 0 aliphatic carbocycles. The highest BCUT2D eigenvalue weighted by Gasteiger charge is 2.10. The van der Waals surface area contributed by atoms with E-state index in [1.54, 1.807) is 0 Å². The predicted octanol–water partition coefficient (Wildman–Crippen LogP) is 2.95. The first-order valence-electron chi connectivity index (χ1n) is 7.68. The maximum absolute atomic E-state index is 12.8. The average molecular weight is 300 g/mol. The Kier molecular flexibility index (Phi) is 5.03. The van der Waals surface area contributed by atoms with E-state index in [2.05, 4.69) is 34.5 Å². The summed E-state index contributed by atoms with van der Waals surface area (Å²) in [5.74, 6) is -0.192. The van der Waals surface area contributed by atoms with Gasteiger partial charge in [0.25, 0.3) is 0 Å². The third kappa shape index (κ3) is 4.06. The molecule has 1 saturated heterocycles. The van der Waals surface area contributed by atoms with Crippen molar-refractivity contribution in [2.75, 3.05) is 31.2 Å². The lowest BCUT2D eigenvalue weighted by Gasteiger charge is -2.28. The van der Waals surface area contributed by atoms with Gasteiger partial charge in [0.05, 0.1) is 13.2 Å². The summed E-state index contributed by atoms with van der Waals surface area (Å²) in [4.78, 5) is 2.35. The molecule has 1 aliphatic rings.